The highest BCUT2D eigenvalue weighted by Gasteiger charge is 2.41. The minimum absolute atomic E-state index is 0.378. The molecule has 0 spiro atoms. The van der Waals surface area contributed by atoms with Gasteiger partial charge in [-0.05, 0) is 31.6 Å². The van der Waals surface area contributed by atoms with Gasteiger partial charge in [-0.25, -0.2) is 9.97 Å². The second-order valence-electron chi connectivity index (χ2n) is 6.45. The van der Waals surface area contributed by atoms with Crippen molar-refractivity contribution in [3.8, 4) is 0 Å². The van der Waals surface area contributed by atoms with Crippen LogP contribution in [0.2, 0.25) is 0 Å². The van der Waals surface area contributed by atoms with E-state index in [1.807, 2.05) is 0 Å². The molecule has 1 aromatic rings. The van der Waals surface area contributed by atoms with E-state index < -0.39 is 0 Å². The Morgan fingerprint density at radius 2 is 2.05 bits per heavy atom. The summed E-state index contributed by atoms with van der Waals surface area (Å²) in [6.45, 7) is 8.53. The second kappa shape index (κ2) is 4.75. The van der Waals surface area contributed by atoms with Crippen LogP contribution in [0, 0.1) is 18.8 Å². The summed E-state index contributed by atoms with van der Waals surface area (Å²) in [5.74, 6) is 3.86. The van der Waals surface area contributed by atoms with Gasteiger partial charge in [0.05, 0.1) is 0 Å². The Balaban J connectivity index is 1.84. The van der Waals surface area contributed by atoms with E-state index in [0.717, 1.165) is 36.3 Å². The minimum Gasteiger partial charge on any atom is -0.356 e. The maximum Gasteiger partial charge on any atom is 0.133 e. The molecule has 0 aromatic carbocycles. The summed E-state index contributed by atoms with van der Waals surface area (Å²) in [7, 11) is 0. The first-order valence-electron chi connectivity index (χ1n) is 7.40. The van der Waals surface area contributed by atoms with Gasteiger partial charge in [0.25, 0.3) is 0 Å². The standard InChI is InChI=1S/C15H24N4/c1-9(2)15-17-10(3)6-14(18-15)19-7-11-4-5-13(16)12(11)8-19/h6,9,11-13H,4-5,7-8,16H2,1-3H3. The van der Waals surface area contributed by atoms with Crippen LogP contribution in [0.25, 0.3) is 0 Å². The normalized spacial score (nSPS) is 30.2. The molecule has 3 atom stereocenters. The van der Waals surface area contributed by atoms with Crippen LogP contribution in [0.4, 0.5) is 5.82 Å². The van der Waals surface area contributed by atoms with Crippen LogP contribution >= 0.6 is 0 Å². The molecule has 4 heteroatoms. The van der Waals surface area contributed by atoms with Crippen LogP contribution in [-0.4, -0.2) is 29.1 Å². The molecule has 104 valence electrons. The number of aromatic nitrogens is 2. The summed E-state index contributed by atoms with van der Waals surface area (Å²) in [5, 5.41) is 0. The first-order chi connectivity index (χ1) is 9.04. The molecule has 3 unspecified atom stereocenters. The van der Waals surface area contributed by atoms with Gasteiger partial charge in [-0.3, -0.25) is 0 Å². The Hall–Kier alpha value is -1.16. The van der Waals surface area contributed by atoms with E-state index in [1.54, 1.807) is 0 Å². The average Bonchev–Trinajstić information content (AvgIpc) is 2.91. The van der Waals surface area contributed by atoms with Gasteiger partial charge in [0.1, 0.15) is 11.6 Å². The molecule has 3 rings (SSSR count). The number of fused-ring (bicyclic) bond motifs is 1. The maximum atomic E-state index is 6.21. The van der Waals surface area contributed by atoms with Crippen molar-refractivity contribution in [1.82, 2.24) is 9.97 Å². The van der Waals surface area contributed by atoms with Crippen LogP contribution in [0.3, 0.4) is 0 Å². The van der Waals surface area contributed by atoms with Crippen molar-refractivity contribution in [1.29, 1.82) is 0 Å². The highest BCUT2D eigenvalue weighted by Crippen LogP contribution is 2.38. The topological polar surface area (TPSA) is 55.0 Å². The lowest BCUT2D eigenvalue weighted by atomic mass is 9.98. The van der Waals surface area contributed by atoms with Crippen LogP contribution in [0.1, 0.15) is 44.1 Å². The average molecular weight is 260 g/mol. The van der Waals surface area contributed by atoms with Crippen molar-refractivity contribution < 1.29 is 0 Å². The zero-order valence-electron chi connectivity index (χ0n) is 12.1. The Labute approximate surface area is 115 Å². The predicted octanol–water partition coefficient (Wildman–Crippen LogP) is 2.08. The van der Waals surface area contributed by atoms with Gasteiger partial charge < -0.3 is 10.6 Å². The molecular weight excluding hydrogens is 236 g/mol. The van der Waals surface area contributed by atoms with Gasteiger partial charge in [0.2, 0.25) is 0 Å². The molecule has 4 nitrogen and oxygen atoms in total. The molecule has 19 heavy (non-hydrogen) atoms. The molecular formula is C15H24N4. The smallest absolute Gasteiger partial charge is 0.133 e. The van der Waals surface area contributed by atoms with Crippen molar-refractivity contribution in [2.24, 2.45) is 17.6 Å². The van der Waals surface area contributed by atoms with Gasteiger partial charge in [-0.15, -0.1) is 0 Å². The number of hydrogen-bond donors (Lipinski definition) is 1. The number of hydrogen-bond acceptors (Lipinski definition) is 4. The van der Waals surface area contributed by atoms with Crippen molar-refractivity contribution >= 4 is 5.82 Å². The number of rotatable bonds is 2. The van der Waals surface area contributed by atoms with Crippen molar-refractivity contribution in [3.05, 3.63) is 17.6 Å². The van der Waals surface area contributed by atoms with E-state index >= 15 is 0 Å². The van der Waals surface area contributed by atoms with Crippen LogP contribution in [0.5, 0.6) is 0 Å². The van der Waals surface area contributed by atoms with Crippen LogP contribution in [0.15, 0.2) is 6.07 Å². The maximum absolute atomic E-state index is 6.21. The van der Waals surface area contributed by atoms with E-state index in [9.17, 15) is 0 Å². The van der Waals surface area contributed by atoms with E-state index in [1.165, 1.54) is 12.8 Å². The SMILES string of the molecule is Cc1cc(N2CC3CCC(N)C3C2)nc(C(C)C)n1. The molecule has 0 bridgehead atoms. The molecule has 2 heterocycles. The number of aryl methyl sites for hydroxylation is 1. The summed E-state index contributed by atoms with van der Waals surface area (Å²) in [6, 6.07) is 2.50. The third kappa shape index (κ3) is 2.34. The van der Waals surface area contributed by atoms with E-state index in [4.69, 9.17) is 10.7 Å². The molecule has 1 saturated heterocycles. The first-order valence-corrected chi connectivity index (χ1v) is 7.40. The van der Waals surface area contributed by atoms with Crippen LogP contribution in [-0.2, 0) is 0 Å². The van der Waals surface area contributed by atoms with Gasteiger partial charge in [-0.2, -0.15) is 0 Å². The molecule has 0 amide bonds. The molecule has 1 saturated carbocycles. The van der Waals surface area contributed by atoms with E-state index in [2.05, 4.69) is 36.7 Å². The Kier molecular flexibility index (Phi) is 3.21. The van der Waals surface area contributed by atoms with Crippen molar-refractivity contribution in [3.63, 3.8) is 0 Å². The summed E-state index contributed by atoms with van der Waals surface area (Å²) >= 11 is 0. The van der Waals surface area contributed by atoms with E-state index in [0.29, 0.717) is 17.9 Å². The first kappa shape index (κ1) is 12.9. The fourth-order valence-electron chi connectivity index (χ4n) is 3.49. The molecule has 1 aliphatic heterocycles. The molecule has 2 aliphatic rings. The molecule has 1 aliphatic carbocycles. The lowest BCUT2D eigenvalue weighted by Crippen LogP contribution is -2.30. The van der Waals surface area contributed by atoms with Crippen LogP contribution < -0.4 is 10.6 Å². The highest BCUT2D eigenvalue weighted by molar-refractivity contribution is 5.42. The number of anilines is 1. The van der Waals surface area contributed by atoms with E-state index in [-0.39, 0.29) is 0 Å². The Bertz CT molecular complexity index is 471. The molecule has 2 N–H and O–H groups in total. The predicted molar refractivity (Wildman–Crippen MR) is 77.3 cm³/mol. The summed E-state index contributed by atoms with van der Waals surface area (Å²) in [4.78, 5) is 11.7. The number of nitrogens with two attached hydrogens (primary N) is 1. The Morgan fingerprint density at radius 1 is 1.26 bits per heavy atom. The lowest BCUT2D eigenvalue weighted by Gasteiger charge is -2.21. The van der Waals surface area contributed by atoms with Gasteiger partial charge in [0.15, 0.2) is 0 Å². The fraction of sp³-hybridized carbons (Fsp3) is 0.733. The molecule has 2 fully saturated rings. The summed E-state index contributed by atoms with van der Waals surface area (Å²) in [6.07, 6.45) is 2.48. The zero-order chi connectivity index (χ0) is 13.6. The summed E-state index contributed by atoms with van der Waals surface area (Å²) in [5.41, 5.74) is 7.27. The quantitative estimate of drug-likeness (QED) is 0.884. The molecule has 1 aromatic heterocycles. The van der Waals surface area contributed by atoms with Gasteiger partial charge in [0, 0.05) is 36.8 Å². The third-order valence-electron chi connectivity index (χ3n) is 4.61. The van der Waals surface area contributed by atoms with Crippen molar-refractivity contribution in [2.45, 2.75) is 45.6 Å². The van der Waals surface area contributed by atoms with Crippen molar-refractivity contribution in [2.75, 3.05) is 18.0 Å². The second-order valence-corrected chi connectivity index (χ2v) is 6.45. The monoisotopic (exact) mass is 260 g/mol. The fourth-order valence-corrected chi connectivity index (χ4v) is 3.49. The zero-order valence-corrected chi connectivity index (χ0v) is 12.1. The molecule has 0 radical (unpaired) electrons. The lowest BCUT2D eigenvalue weighted by molar-refractivity contribution is 0.453. The summed E-state index contributed by atoms with van der Waals surface area (Å²) < 4.78 is 0. The highest BCUT2D eigenvalue weighted by atomic mass is 15.2. The third-order valence-corrected chi connectivity index (χ3v) is 4.61. The number of nitrogens with zero attached hydrogens (tertiary/aromatic N) is 3. The Morgan fingerprint density at radius 3 is 2.74 bits per heavy atom. The largest absolute Gasteiger partial charge is 0.356 e. The van der Waals surface area contributed by atoms with Gasteiger partial charge in [-0.1, -0.05) is 13.8 Å². The minimum atomic E-state index is 0.378. The van der Waals surface area contributed by atoms with Gasteiger partial charge >= 0.3 is 0 Å².